The van der Waals surface area contributed by atoms with E-state index >= 15 is 0 Å². The third-order valence-electron chi connectivity index (χ3n) is 6.13. The van der Waals surface area contributed by atoms with Gasteiger partial charge in [-0.25, -0.2) is 4.68 Å². The number of aryl methyl sites for hydroxylation is 1. The molecule has 1 aliphatic rings. The lowest BCUT2D eigenvalue weighted by atomic mass is 9.95. The van der Waals surface area contributed by atoms with E-state index in [0.717, 1.165) is 36.5 Å². The Morgan fingerprint density at radius 1 is 1.06 bits per heavy atom. The number of carbonyl (C=O) groups excluding carboxylic acids is 2. The average molecular weight is 480 g/mol. The topological polar surface area (TPSA) is 79.3 Å². The van der Waals surface area contributed by atoms with Crippen LogP contribution >= 0.6 is 11.6 Å². The summed E-state index contributed by atoms with van der Waals surface area (Å²) in [5.74, 6) is 0.773. The predicted octanol–water partition coefficient (Wildman–Crippen LogP) is 4.37. The Kier molecular flexibility index (Phi) is 7.53. The van der Waals surface area contributed by atoms with E-state index in [9.17, 15) is 9.59 Å². The minimum Gasteiger partial charge on any atom is -0.356 e. The first-order valence-corrected chi connectivity index (χ1v) is 12.0. The molecule has 2 amide bonds. The first kappa shape index (κ1) is 23.8. The molecule has 178 valence electrons. The molecule has 34 heavy (non-hydrogen) atoms. The lowest BCUT2D eigenvalue weighted by molar-refractivity contribution is -0.125. The number of aromatic nitrogens is 2. The smallest absolute Gasteiger partial charge is 0.223 e. The highest BCUT2D eigenvalue weighted by atomic mass is 35.5. The van der Waals surface area contributed by atoms with Crippen molar-refractivity contribution >= 4 is 34.9 Å². The highest BCUT2D eigenvalue weighted by Gasteiger charge is 2.29. The first-order chi connectivity index (χ1) is 16.4. The standard InChI is InChI=1S/C26H30ClN5O2/c1-18-24(29-19(2)33)26(32(30-18)23-10-8-22(27)9-11-23)31-16-13-21(14-17-31)25(34)28-15-12-20-6-4-3-5-7-20/h3-11,21H,12-17H2,1-2H3,(H,28,34)(H,29,33). The van der Waals surface area contributed by atoms with E-state index < -0.39 is 0 Å². The van der Waals surface area contributed by atoms with Crippen molar-refractivity contribution in [2.75, 3.05) is 29.9 Å². The molecule has 1 saturated heterocycles. The molecule has 2 aromatic carbocycles. The highest BCUT2D eigenvalue weighted by Crippen LogP contribution is 2.35. The lowest BCUT2D eigenvalue weighted by Gasteiger charge is -2.33. The van der Waals surface area contributed by atoms with Crippen LogP contribution in [0.15, 0.2) is 54.6 Å². The number of benzene rings is 2. The molecule has 0 saturated carbocycles. The number of hydrogen-bond acceptors (Lipinski definition) is 4. The van der Waals surface area contributed by atoms with Gasteiger partial charge in [-0.3, -0.25) is 9.59 Å². The van der Waals surface area contributed by atoms with Crippen molar-refractivity contribution in [3.05, 3.63) is 70.9 Å². The molecule has 0 bridgehead atoms. The van der Waals surface area contributed by atoms with Gasteiger partial charge in [0.15, 0.2) is 5.82 Å². The Hall–Kier alpha value is -3.32. The summed E-state index contributed by atoms with van der Waals surface area (Å²) in [6.07, 6.45) is 2.30. The molecule has 0 unspecified atom stereocenters. The number of nitrogens with zero attached hydrogens (tertiary/aromatic N) is 3. The van der Waals surface area contributed by atoms with E-state index in [-0.39, 0.29) is 17.7 Å². The fourth-order valence-corrected chi connectivity index (χ4v) is 4.49. The summed E-state index contributed by atoms with van der Waals surface area (Å²) in [5, 5.41) is 11.4. The van der Waals surface area contributed by atoms with Gasteiger partial charge >= 0.3 is 0 Å². The van der Waals surface area contributed by atoms with Gasteiger partial charge in [-0.05, 0) is 56.0 Å². The van der Waals surface area contributed by atoms with Gasteiger partial charge in [0.2, 0.25) is 11.8 Å². The summed E-state index contributed by atoms with van der Waals surface area (Å²) in [7, 11) is 0. The van der Waals surface area contributed by atoms with E-state index in [4.69, 9.17) is 16.7 Å². The van der Waals surface area contributed by atoms with Crippen LogP contribution in [0.2, 0.25) is 5.02 Å². The molecule has 2 heterocycles. The van der Waals surface area contributed by atoms with E-state index in [1.54, 1.807) is 0 Å². The number of nitrogens with one attached hydrogen (secondary N) is 2. The molecule has 8 heteroatoms. The quantitative estimate of drug-likeness (QED) is 0.527. The number of halogens is 1. The van der Waals surface area contributed by atoms with Crippen molar-refractivity contribution in [3.8, 4) is 5.69 Å². The molecule has 4 rings (SSSR count). The molecular weight excluding hydrogens is 450 g/mol. The van der Waals surface area contributed by atoms with Gasteiger partial charge in [0.25, 0.3) is 0 Å². The molecule has 7 nitrogen and oxygen atoms in total. The maximum Gasteiger partial charge on any atom is 0.223 e. The second-order valence-electron chi connectivity index (χ2n) is 8.64. The van der Waals surface area contributed by atoms with Gasteiger partial charge in [-0.1, -0.05) is 41.9 Å². The third kappa shape index (κ3) is 5.59. The van der Waals surface area contributed by atoms with Gasteiger partial charge in [-0.15, -0.1) is 0 Å². The van der Waals surface area contributed by atoms with Gasteiger partial charge in [0.1, 0.15) is 5.69 Å². The van der Waals surface area contributed by atoms with Crippen LogP contribution in [0.5, 0.6) is 0 Å². The minimum absolute atomic E-state index is 0.0239. The van der Waals surface area contributed by atoms with E-state index in [0.29, 0.717) is 30.3 Å². The average Bonchev–Trinajstić information content (AvgIpc) is 3.15. The zero-order valence-corrected chi connectivity index (χ0v) is 20.3. The van der Waals surface area contributed by atoms with Crippen molar-refractivity contribution in [3.63, 3.8) is 0 Å². The zero-order chi connectivity index (χ0) is 24.1. The molecule has 2 N–H and O–H groups in total. The molecule has 0 aliphatic carbocycles. The fraction of sp³-hybridized carbons (Fsp3) is 0.346. The monoisotopic (exact) mass is 479 g/mol. The van der Waals surface area contributed by atoms with E-state index in [1.165, 1.54) is 12.5 Å². The van der Waals surface area contributed by atoms with Crippen molar-refractivity contribution in [2.24, 2.45) is 5.92 Å². The van der Waals surface area contributed by atoms with E-state index in [1.807, 2.05) is 54.1 Å². The predicted molar refractivity (Wildman–Crippen MR) is 136 cm³/mol. The summed E-state index contributed by atoms with van der Waals surface area (Å²) in [5.41, 5.74) is 3.52. The Morgan fingerprint density at radius 2 is 1.74 bits per heavy atom. The maximum absolute atomic E-state index is 12.8. The van der Waals surface area contributed by atoms with Crippen molar-refractivity contribution in [2.45, 2.75) is 33.1 Å². The Bertz CT molecular complexity index is 1140. The van der Waals surface area contributed by atoms with Crippen LogP contribution in [0.25, 0.3) is 5.69 Å². The minimum atomic E-state index is -0.146. The number of carbonyl (C=O) groups is 2. The summed E-state index contributed by atoms with van der Waals surface area (Å²) in [6.45, 7) is 5.41. The van der Waals surface area contributed by atoms with Crippen LogP contribution in [-0.2, 0) is 16.0 Å². The normalized spacial score (nSPS) is 14.1. The molecule has 1 aliphatic heterocycles. The number of piperidine rings is 1. The lowest BCUT2D eigenvalue weighted by Crippen LogP contribution is -2.41. The summed E-state index contributed by atoms with van der Waals surface area (Å²) >= 11 is 6.07. The molecule has 3 aromatic rings. The van der Waals surface area contributed by atoms with Crippen molar-refractivity contribution in [1.82, 2.24) is 15.1 Å². The number of anilines is 2. The highest BCUT2D eigenvalue weighted by molar-refractivity contribution is 6.30. The summed E-state index contributed by atoms with van der Waals surface area (Å²) < 4.78 is 1.84. The van der Waals surface area contributed by atoms with Gasteiger partial charge in [-0.2, -0.15) is 5.10 Å². The molecule has 0 atom stereocenters. The molecule has 0 radical (unpaired) electrons. The second kappa shape index (κ2) is 10.7. The molecular formula is C26H30ClN5O2. The second-order valence-corrected chi connectivity index (χ2v) is 9.08. The van der Waals surface area contributed by atoms with Gasteiger partial charge < -0.3 is 15.5 Å². The van der Waals surface area contributed by atoms with Crippen LogP contribution in [0.1, 0.15) is 31.0 Å². The fourth-order valence-electron chi connectivity index (χ4n) is 4.36. The van der Waals surface area contributed by atoms with Crippen LogP contribution < -0.4 is 15.5 Å². The van der Waals surface area contributed by atoms with Crippen molar-refractivity contribution < 1.29 is 9.59 Å². The molecule has 1 aromatic heterocycles. The molecule has 1 fully saturated rings. The molecule has 0 spiro atoms. The van der Waals surface area contributed by atoms with Gasteiger partial charge in [0.05, 0.1) is 11.4 Å². The number of rotatable bonds is 7. The Labute approximate surface area is 205 Å². The maximum atomic E-state index is 12.8. The Morgan fingerprint density at radius 3 is 2.38 bits per heavy atom. The van der Waals surface area contributed by atoms with E-state index in [2.05, 4.69) is 27.7 Å². The van der Waals surface area contributed by atoms with Crippen LogP contribution in [-0.4, -0.2) is 41.2 Å². The van der Waals surface area contributed by atoms with Crippen LogP contribution in [0, 0.1) is 12.8 Å². The van der Waals surface area contributed by atoms with Gasteiger partial charge in [0, 0.05) is 37.5 Å². The summed E-state index contributed by atoms with van der Waals surface area (Å²) in [6, 6.07) is 17.6. The summed E-state index contributed by atoms with van der Waals surface area (Å²) in [4.78, 5) is 26.9. The first-order valence-electron chi connectivity index (χ1n) is 11.6. The zero-order valence-electron chi connectivity index (χ0n) is 19.6. The Balaban J connectivity index is 1.45. The largest absolute Gasteiger partial charge is 0.356 e. The SMILES string of the molecule is CC(=O)Nc1c(C)nn(-c2ccc(Cl)cc2)c1N1CCC(C(=O)NCCc2ccccc2)CC1. The van der Waals surface area contributed by atoms with Crippen LogP contribution in [0.3, 0.4) is 0 Å². The van der Waals surface area contributed by atoms with Crippen molar-refractivity contribution in [1.29, 1.82) is 0 Å². The van der Waals surface area contributed by atoms with Crippen LogP contribution in [0.4, 0.5) is 11.5 Å². The number of amides is 2. The third-order valence-corrected chi connectivity index (χ3v) is 6.38. The number of hydrogen-bond donors (Lipinski definition) is 2.